The quantitative estimate of drug-likeness (QED) is 0.466. The smallest absolute Gasteiger partial charge is 0.276 e. The molecule has 0 radical (unpaired) electrons. The van der Waals surface area contributed by atoms with Gasteiger partial charge in [-0.15, -0.1) is 10.2 Å². The first-order chi connectivity index (χ1) is 9.72. The van der Waals surface area contributed by atoms with Crippen LogP contribution in [0.5, 0.6) is 0 Å². The molecule has 0 unspecified atom stereocenters. The highest BCUT2D eigenvalue weighted by Gasteiger charge is 2.11. The van der Waals surface area contributed by atoms with Gasteiger partial charge in [0.05, 0.1) is 0 Å². The van der Waals surface area contributed by atoms with E-state index in [-0.39, 0.29) is 17.3 Å². The summed E-state index contributed by atoms with van der Waals surface area (Å²) in [5.74, 6) is 0.390. The minimum absolute atomic E-state index is 0.144. The number of fused-ring (bicyclic) bond motifs is 3. The molecule has 0 aliphatic carbocycles. The van der Waals surface area contributed by atoms with Crippen LogP contribution in [0, 0.1) is 0 Å². The fourth-order valence-electron chi connectivity index (χ4n) is 2.17. The maximum absolute atomic E-state index is 11.7. The highest BCUT2D eigenvalue weighted by atomic mass is 16.1. The average molecular weight is 267 g/mol. The summed E-state index contributed by atoms with van der Waals surface area (Å²) in [5.41, 5.74) is 7.34. The van der Waals surface area contributed by atoms with Crippen molar-refractivity contribution >= 4 is 27.9 Å². The van der Waals surface area contributed by atoms with Crippen molar-refractivity contribution in [3.8, 4) is 5.95 Å². The average Bonchev–Trinajstić information content (AvgIpc) is 2.97. The van der Waals surface area contributed by atoms with Crippen LogP contribution >= 0.6 is 0 Å². The monoisotopic (exact) mass is 267 g/mol. The van der Waals surface area contributed by atoms with Crippen molar-refractivity contribution in [3.05, 3.63) is 40.7 Å². The Bertz CT molecular complexity index is 994. The van der Waals surface area contributed by atoms with Crippen LogP contribution in [0.1, 0.15) is 0 Å². The molecule has 0 bridgehead atoms. The van der Waals surface area contributed by atoms with Crippen LogP contribution in [0.15, 0.2) is 35.1 Å². The number of H-pyrrole nitrogens is 2. The van der Waals surface area contributed by atoms with Gasteiger partial charge in [-0.2, -0.15) is 9.67 Å². The van der Waals surface area contributed by atoms with Crippen LogP contribution in [0.25, 0.3) is 28.0 Å². The van der Waals surface area contributed by atoms with Gasteiger partial charge >= 0.3 is 0 Å². The molecule has 8 nitrogen and oxygen atoms in total. The fraction of sp³-hybridized carbons (Fsp3) is 0. The van der Waals surface area contributed by atoms with Crippen molar-refractivity contribution in [1.29, 1.82) is 0 Å². The van der Waals surface area contributed by atoms with Gasteiger partial charge in [-0.25, -0.2) is 0 Å². The maximum atomic E-state index is 11.7. The molecular formula is C12H9N7O. The lowest BCUT2D eigenvalue weighted by molar-refractivity contribution is 0.767. The van der Waals surface area contributed by atoms with E-state index >= 15 is 0 Å². The van der Waals surface area contributed by atoms with Crippen molar-refractivity contribution in [2.45, 2.75) is 0 Å². The van der Waals surface area contributed by atoms with E-state index in [1.54, 1.807) is 0 Å². The Kier molecular flexibility index (Phi) is 1.97. The van der Waals surface area contributed by atoms with E-state index in [9.17, 15) is 4.79 Å². The summed E-state index contributed by atoms with van der Waals surface area (Å²) >= 11 is 0. The van der Waals surface area contributed by atoms with E-state index in [1.165, 1.54) is 6.07 Å². The number of nitrogens with two attached hydrogens (primary N) is 1. The van der Waals surface area contributed by atoms with Crippen molar-refractivity contribution in [3.63, 3.8) is 0 Å². The summed E-state index contributed by atoms with van der Waals surface area (Å²) in [4.78, 5) is 19.1. The maximum Gasteiger partial charge on any atom is 0.276 e. The van der Waals surface area contributed by atoms with E-state index in [1.807, 2.05) is 24.3 Å². The second-order valence-electron chi connectivity index (χ2n) is 4.36. The molecule has 0 amide bonds. The molecule has 0 atom stereocenters. The van der Waals surface area contributed by atoms with Crippen LogP contribution in [-0.2, 0) is 0 Å². The van der Waals surface area contributed by atoms with Gasteiger partial charge < -0.3 is 10.7 Å². The molecule has 0 saturated heterocycles. The zero-order valence-corrected chi connectivity index (χ0v) is 10.2. The highest BCUT2D eigenvalue weighted by Crippen LogP contribution is 2.21. The summed E-state index contributed by atoms with van der Waals surface area (Å²) in [6.45, 7) is 0. The summed E-state index contributed by atoms with van der Waals surface area (Å²) in [6.07, 6.45) is 0. The summed E-state index contributed by atoms with van der Waals surface area (Å²) in [5, 5.41) is 11.7. The Morgan fingerprint density at radius 2 is 2.05 bits per heavy atom. The van der Waals surface area contributed by atoms with E-state index < -0.39 is 0 Å². The number of aromatic amines is 2. The first-order valence-corrected chi connectivity index (χ1v) is 5.91. The molecule has 20 heavy (non-hydrogen) atoms. The van der Waals surface area contributed by atoms with E-state index in [0.29, 0.717) is 11.2 Å². The third-order valence-electron chi connectivity index (χ3n) is 3.05. The molecule has 4 aromatic rings. The summed E-state index contributed by atoms with van der Waals surface area (Å²) in [6, 6.07) is 8.96. The van der Waals surface area contributed by atoms with Crippen molar-refractivity contribution in [2.75, 3.05) is 5.73 Å². The number of hydrogen-bond donors (Lipinski definition) is 3. The van der Waals surface area contributed by atoms with Gasteiger partial charge in [0, 0.05) is 17.0 Å². The number of para-hydroxylation sites is 1. The van der Waals surface area contributed by atoms with Crippen LogP contribution in [0.4, 0.5) is 5.82 Å². The number of nitrogen functional groups attached to an aromatic ring is 1. The SMILES string of the molecule is Nc1cc(=O)n(-c2nnc3c(n2)[nH]c2ccccc23)[nH]1. The van der Waals surface area contributed by atoms with Crippen molar-refractivity contribution in [1.82, 2.24) is 29.9 Å². The normalized spacial score (nSPS) is 11.4. The number of rotatable bonds is 1. The zero-order chi connectivity index (χ0) is 13.7. The second kappa shape index (κ2) is 3.67. The predicted molar refractivity (Wildman–Crippen MR) is 73.5 cm³/mol. The lowest BCUT2D eigenvalue weighted by Gasteiger charge is -1.97. The molecule has 8 heteroatoms. The summed E-state index contributed by atoms with van der Waals surface area (Å²) in [7, 11) is 0. The Balaban J connectivity index is 2.01. The molecule has 0 aliphatic rings. The Morgan fingerprint density at radius 1 is 1.20 bits per heavy atom. The number of hydrogen-bond acceptors (Lipinski definition) is 5. The third kappa shape index (κ3) is 1.41. The molecular weight excluding hydrogens is 258 g/mol. The van der Waals surface area contributed by atoms with E-state index in [0.717, 1.165) is 15.6 Å². The molecule has 0 aliphatic heterocycles. The molecule has 3 aromatic heterocycles. The van der Waals surface area contributed by atoms with Gasteiger partial charge in [-0.05, 0) is 6.07 Å². The molecule has 98 valence electrons. The van der Waals surface area contributed by atoms with Gasteiger partial charge in [-0.1, -0.05) is 18.2 Å². The standard InChI is InChI=1S/C12H9N7O/c13-8-5-9(20)19(18-8)12-15-11-10(16-17-12)6-3-1-2-4-7(6)14-11/h1-5,18H,13H2,(H,14,15,17). The van der Waals surface area contributed by atoms with Crippen LogP contribution in [0.3, 0.4) is 0 Å². The second-order valence-corrected chi connectivity index (χ2v) is 4.36. The largest absolute Gasteiger partial charge is 0.384 e. The summed E-state index contributed by atoms with van der Waals surface area (Å²) < 4.78 is 1.15. The predicted octanol–water partition coefficient (Wildman–Crippen LogP) is 0.567. The number of benzene rings is 1. The first kappa shape index (κ1) is 10.7. The number of anilines is 1. The molecule has 3 heterocycles. The fourth-order valence-corrected chi connectivity index (χ4v) is 2.17. The lowest BCUT2D eigenvalue weighted by atomic mass is 10.2. The Hall–Kier alpha value is -3.16. The van der Waals surface area contributed by atoms with Gasteiger partial charge in [0.1, 0.15) is 11.3 Å². The first-order valence-electron chi connectivity index (χ1n) is 5.91. The van der Waals surface area contributed by atoms with E-state index in [4.69, 9.17) is 5.73 Å². The van der Waals surface area contributed by atoms with Crippen molar-refractivity contribution in [2.24, 2.45) is 0 Å². The van der Waals surface area contributed by atoms with Gasteiger partial charge in [0.15, 0.2) is 5.65 Å². The zero-order valence-electron chi connectivity index (χ0n) is 10.2. The van der Waals surface area contributed by atoms with Crippen LogP contribution < -0.4 is 11.3 Å². The van der Waals surface area contributed by atoms with Crippen LogP contribution in [-0.4, -0.2) is 29.9 Å². The molecule has 4 rings (SSSR count). The van der Waals surface area contributed by atoms with Crippen LogP contribution in [0.2, 0.25) is 0 Å². The molecule has 1 aromatic carbocycles. The Morgan fingerprint density at radius 3 is 2.85 bits per heavy atom. The molecule has 0 spiro atoms. The minimum atomic E-state index is -0.334. The minimum Gasteiger partial charge on any atom is -0.384 e. The van der Waals surface area contributed by atoms with Crippen molar-refractivity contribution < 1.29 is 0 Å². The number of nitrogens with zero attached hydrogens (tertiary/aromatic N) is 4. The third-order valence-corrected chi connectivity index (χ3v) is 3.05. The van der Waals surface area contributed by atoms with Gasteiger partial charge in [0.25, 0.3) is 11.5 Å². The van der Waals surface area contributed by atoms with E-state index in [2.05, 4.69) is 25.3 Å². The Labute approximate surface area is 111 Å². The molecule has 0 fully saturated rings. The topological polar surface area (TPSA) is 118 Å². The highest BCUT2D eigenvalue weighted by molar-refractivity contribution is 6.03. The lowest BCUT2D eigenvalue weighted by Crippen LogP contribution is -2.17. The number of nitrogens with one attached hydrogen (secondary N) is 2. The molecule has 4 N–H and O–H groups in total. The van der Waals surface area contributed by atoms with Gasteiger partial charge in [0.2, 0.25) is 0 Å². The molecule has 0 saturated carbocycles. The number of aromatic nitrogens is 6. The van der Waals surface area contributed by atoms with Gasteiger partial charge in [-0.3, -0.25) is 9.89 Å².